The number of halogens is 3. The monoisotopic (exact) mass is 434 g/mol. The zero-order valence-electron chi connectivity index (χ0n) is 17.1. The molecule has 0 radical (unpaired) electrons. The number of hydrogen-bond acceptors (Lipinski definition) is 5. The van der Waals surface area contributed by atoms with Gasteiger partial charge >= 0.3 is 12.1 Å². The van der Waals surface area contributed by atoms with Crippen molar-refractivity contribution < 1.29 is 22.3 Å². The van der Waals surface area contributed by atoms with E-state index in [-0.39, 0.29) is 18.5 Å². The number of ether oxygens (including phenoxy) is 1. The zero-order chi connectivity index (χ0) is 21.4. The van der Waals surface area contributed by atoms with Gasteiger partial charge in [0.15, 0.2) is 0 Å². The molecular formula is C22H25F3N4O2. The van der Waals surface area contributed by atoms with Crippen molar-refractivity contribution in [3.05, 3.63) is 42.2 Å². The predicted molar refractivity (Wildman–Crippen MR) is 108 cm³/mol. The standard InChI is InChI=1S/C22H25F3N4O2/c23-22(24,25)21-27-26-20(31-21)14-28-11-8-16(9-12-28)30-19-7-3-6-18-17(19)10-13-29(18)15-4-1-2-5-15/h3,6-7,10,13,15-16H,1-2,4-5,8-9,11-12,14H2. The first-order valence-corrected chi connectivity index (χ1v) is 10.9. The second-order valence-corrected chi connectivity index (χ2v) is 8.44. The minimum atomic E-state index is -4.61. The van der Waals surface area contributed by atoms with Crippen LogP contribution in [0.5, 0.6) is 5.75 Å². The average Bonchev–Trinajstić information content (AvgIpc) is 3.49. The number of piperidine rings is 1. The highest BCUT2D eigenvalue weighted by molar-refractivity contribution is 5.86. The van der Waals surface area contributed by atoms with Gasteiger partial charge in [0.2, 0.25) is 5.89 Å². The number of likely N-dealkylation sites (tertiary alicyclic amines) is 1. The Labute approximate surface area is 178 Å². The molecule has 2 aromatic heterocycles. The number of fused-ring (bicyclic) bond motifs is 1. The van der Waals surface area contributed by atoms with Gasteiger partial charge in [0, 0.05) is 30.7 Å². The van der Waals surface area contributed by atoms with Gasteiger partial charge in [0.1, 0.15) is 11.9 Å². The summed E-state index contributed by atoms with van der Waals surface area (Å²) in [6.45, 7) is 1.62. The maximum Gasteiger partial charge on any atom is 0.470 e. The van der Waals surface area contributed by atoms with E-state index in [1.807, 2.05) is 17.0 Å². The first-order valence-electron chi connectivity index (χ1n) is 10.9. The Morgan fingerprint density at radius 1 is 1.03 bits per heavy atom. The van der Waals surface area contributed by atoms with E-state index in [4.69, 9.17) is 9.15 Å². The predicted octanol–water partition coefficient (Wildman–Crippen LogP) is 5.20. The Morgan fingerprint density at radius 3 is 2.52 bits per heavy atom. The summed E-state index contributed by atoms with van der Waals surface area (Å²) in [6.07, 6.45) is 4.28. The molecule has 3 heterocycles. The van der Waals surface area contributed by atoms with E-state index in [1.165, 1.54) is 31.2 Å². The first-order chi connectivity index (χ1) is 15.0. The molecule has 6 nitrogen and oxygen atoms in total. The largest absolute Gasteiger partial charge is 0.490 e. The van der Waals surface area contributed by atoms with Gasteiger partial charge in [-0.3, -0.25) is 4.90 Å². The van der Waals surface area contributed by atoms with Gasteiger partial charge in [-0.2, -0.15) is 13.2 Å². The highest BCUT2D eigenvalue weighted by atomic mass is 19.4. The topological polar surface area (TPSA) is 56.3 Å². The highest BCUT2D eigenvalue weighted by Crippen LogP contribution is 2.36. The maximum absolute atomic E-state index is 12.6. The van der Waals surface area contributed by atoms with Crippen LogP contribution in [0.25, 0.3) is 10.9 Å². The number of rotatable bonds is 5. The fraction of sp³-hybridized carbons (Fsp3) is 0.545. The second-order valence-electron chi connectivity index (χ2n) is 8.44. The molecule has 0 spiro atoms. The molecule has 0 amide bonds. The first kappa shape index (κ1) is 20.4. The van der Waals surface area contributed by atoms with Gasteiger partial charge in [-0.1, -0.05) is 18.9 Å². The third-order valence-electron chi connectivity index (χ3n) is 6.34. The lowest BCUT2D eigenvalue weighted by Gasteiger charge is -2.31. The molecule has 166 valence electrons. The molecule has 1 aliphatic carbocycles. The molecule has 0 bridgehead atoms. The average molecular weight is 434 g/mol. The number of aromatic nitrogens is 3. The van der Waals surface area contributed by atoms with Crippen LogP contribution in [0.4, 0.5) is 13.2 Å². The molecule has 1 saturated carbocycles. The normalized spacial score (nSPS) is 19.5. The van der Waals surface area contributed by atoms with Crippen molar-refractivity contribution in [3.63, 3.8) is 0 Å². The van der Waals surface area contributed by atoms with Crippen LogP contribution in [0.15, 0.2) is 34.9 Å². The van der Waals surface area contributed by atoms with Crippen molar-refractivity contribution in [3.8, 4) is 5.75 Å². The van der Waals surface area contributed by atoms with Gasteiger partial charge in [-0.15, -0.1) is 10.2 Å². The lowest BCUT2D eigenvalue weighted by Crippen LogP contribution is -2.37. The minimum absolute atomic E-state index is 0.00952. The van der Waals surface area contributed by atoms with Gasteiger partial charge in [0.25, 0.3) is 0 Å². The van der Waals surface area contributed by atoms with Crippen LogP contribution in [-0.4, -0.2) is 38.9 Å². The van der Waals surface area contributed by atoms with Crippen molar-refractivity contribution in [1.82, 2.24) is 19.7 Å². The number of alkyl halides is 3. The number of hydrogen-bond donors (Lipinski definition) is 0. The van der Waals surface area contributed by atoms with E-state index in [0.717, 1.165) is 24.0 Å². The molecular weight excluding hydrogens is 409 g/mol. The lowest BCUT2D eigenvalue weighted by atomic mass is 10.1. The Morgan fingerprint density at radius 2 is 1.81 bits per heavy atom. The van der Waals surface area contributed by atoms with Crippen LogP contribution in [0.1, 0.15) is 56.3 Å². The Bertz CT molecular complexity index is 1030. The van der Waals surface area contributed by atoms with Gasteiger partial charge < -0.3 is 13.7 Å². The van der Waals surface area contributed by atoms with Crippen LogP contribution in [0.3, 0.4) is 0 Å². The van der Waals surface area contributed by atoms with E-state index in [2.05, 4.69) is 33.1 Å². The second kappa shape index (κ2) is 8.18. The quantitative estimate of drug-likeness (QED) is 0.552. The zero-order valence-corrected chi connectivity index (χ0v) is 17.1. The van der Waals surface area contributed by atoms with Crippen molar-refractivity contribution in [1.29, 1.82) is 0 Å². The molecule has 0 N–H and O–H groups in total. The van der Waals surface area contributed by atoms with Crippen LogP contribution >= 0.6 is 0 Å². The van der Waals surface area contributed by atoms with E-state index in [9.17, 15) is 13.2 Å². The fourth-order valence-electron chi connectivity index (χ4n) is 4.75. The van der Waals surface area contributed by atoms with Gasteiger partial charge in [-0.25, -0.2) is 0 Å². The third kappa shape index (κ3) is 4.28. The molecule has 3 aromatic rings. The Balaban J connectivity index is 1.20. The summed E-state index contributed by atoms with van der Waals surface area (Å²) in [5, 5.41) is 7.75. The summed E-state index contributed by atoms with van der Waals surface area (Å²) in [7, 11) is 0. The molecule has 9 heteroatoms. The summed E-state index contributed by atoms with van der Waals surface area (Å²) in [6, 6.07) is 8.95. The summed E-state index contributed by atoms with van der Waals surface area (Å²) >= 11 is 0. The summed E-state index contributed by atoms with van der Waals surface area (Å²) < 4.78 is 51.3. The van der Waals surface area contributed by atoms with Crippen molar-refractivity contribution >= 4 is 10.9 Å². The van der Waals surface area contributed by atoms with Crippen LogP contribution in [0, 0.1) is 0 Å². The summed E-state index contributed by atoms with van der Waals surface area (Å²) in [5.74, 6) is -0.400. The van der Waals surface area contributed by atoms with E-state index in [0.29, 0.717) is 19.1 Å². The molecule has 1 saturated heterocycles. The Hall–Kier alpha value is -2.55. The van der Waals surface area contributed by atoms with Gasteiger partial charge in [0.05, 0.1) is 12.1 Å². The van der Waals surface area contributed by atoms with Crippen molar-refractivity contribution in [2.24, 2.45) is 0 Å². The molecule has 2 fully saturated rings. The molecule has 5 rings (SSSR count). The molecule has 1 aliphatic heterocycles. The Kier molecular flexibility index (Phi) is 5.37. The summed E-state index contributed by atoms with van der Waals surface area (Å²) in [4.78, 5) is 2.02. The molecule has 2 aliphatic rings. The molecule has 1 aromatic carbocycles. The SMILES string of the molecule is FC(F)(F)c1nnc(CN2CCC(Oc3cccc4c3ccn4C3CCCC3)CC2)o1. The molecule has 31 heavy (non-hydrogen) atoms. The van der Waals surface area contributed by atoms with Crippen LogP contribution < -0.4 is 4.74 Å². The van der Waals surface area contributed by atoms with E-state index >= 15 is 0 Å². The van der Waals surface area contributed by atoms with Gasteiger partial charge in [-0.05, 0) is 43.9 Å². The maximum atomic E-state index is 12.6. The lowest BCUT2D eigenvalue weighted by molar-refractivity contribution is -0.157. The van der Waals surface area contributed by atoms with E-state index in [1.54, 1.807) is 0 Å². The van der Waals surface area contributed by atoms with Crippen molar-refractivity contribution in [2.45, 2.75) is 63.4 Å². The smallest absolute Gasteiger partial charge is 0.470 e. The number of nitrogens with zero attached hydrogens (tertiary/aromatic N) is 4. The van der Waals surface area contributed by atoms with E-state index < -0.39 is 12.1 Å². The number of benzene rings is 1. The van der Waals surface area contributed by atoms with Crippen LogP contribution in [-0.2, 0) is 12.7 Å². The molecule has 0 atom stereocenters. The van der Waals surface area contributed by atoms with Crippen molar-refractivity contribution in [2.75, 3.05) is 13.1 Å². The fourth-order valence-corrected chi connectivity index (χ4v) is 4.75. The minimum Gasteiger partial charge on any atom is -0.490 e. The molecule has 0 unspecified atom stereocenters. The van der Waals surface area contributed by atoms with Crippen LogP contribution in [0.2, 0.25) is 0 Å². The highest BCUT2D eigenvalue weighted by Gasteiger charge is 2.38. The third-order valence-corrected chi connectivity index (χ3v) is 6.34. The summed E-state index contributed by atoms with van der Waals surface area (Å²) in [5.41, 5.74) is 1.22.